The Kier molecular flexibility index (Phi) is 9.22. The van der Waals surface area contributed by atoms with Gasteiger partial charge in [0, 0.05) is 0 Å². The van der Waals surface area contributed by atoms with Crippen LogP contribution in [-0.2, 0) is 24.0 Å². The Labute approximate surface area is 149 Å². The predicted molar refractivity (Wildman–Crippen MR) is 86.7 cm³/mol. The summed E-state index contributed by atoms with van der Waals surface area (Å²) in [6.45, 7) is 3.71. The number of nitrogens with one attached hydrogen (secondary N) is 3. The maximum atomic E-state index is 12.1. The number of carbonyl (C=O) groups is 5. The maximum absolute atomic E-state index is 12.1. The number of carbonyl (C=O) groups excluding carboxylic acids is 3. The molecule has 0 aliphatic heterocycles. The molecule has 5 atom stereocenters. The van der Waals surface area contributed by atoms with E-state index < -0.39 is 66.4 Å². The summed E-state index contributed by atoms with van der Waals surface area (Å²) in [6.07, 6.45) is -1.95. The van der Waals surface area contributed by atoms with Crippen molar-refractivity contribution in [2.45, 2.75) is 57.5 Å². The number of aliphatic hydroxyl groups excluding tert-OH is 1. The van der Waals surface area contributed by atoms with Gasteiger partial charge in [0.2, 0.25) is 17.7 Å². The lowest BCUT2D eigenvalue weighted by Crippen LogP contribution is -2.57. The van der Waals surface area contributed by atoms with Crippen LogP contribution in [0.3, 0.4) is 0 Å². The number of rotatable bonds is 10. The summed E-state index contributed by atoms with van der Waals surface area (Å²) in [5.41, 5.74) is 5.42. The quantitative estimate of drug-likeness (QED) is 0.204. The fourth-order valence-corrected chi connectivity index (χ4v) is 1.65. The van der Waals surface area contributed by atoms with Gasteiger partial charge in [-0.15, -0.1) is 0 Å². The second-order valence-electron chi connectivity index (χ2n) is 5.72. The first-order chi connectivity index (χ1) is 11.9. The molecule has 0 rings (SSSR count). The van der Waals surface area contributed by atoms with Crippen LogP contribution >= 0.6 is 0 Å². The van der Waals surface area contributed by atoms with Crippen molar-refractivity contribution in [3.8, 4) is 0 Å². The molecule has 0 aliphatic carbocycles. The molecule has 0 aromatic carbocycles. The van der Waals surface area contributed by atoms with E-state index >= 15 is 0 Å². The lowest BCUT2D eigenvalue weighted by Gasteiger charge is -2.22. The van der Waals surface area contributed by atoms with E-state index in [1.54, 1.807) is 0 Å². The van der Waals surface area contributed by atoms with Gasteiger partial charge < -0.3 is 37.0 Å². The van der Waals surface area contributed by atoms with E-state index in [4.69, 9.17) is 15.9 Å². The highest BCUT2D eigenvalue weighted by Crippen LogP contribution is 1.98. The summed E-state index contributed by atoms with van der Waals surface area (Å²) in [5.74, 6) is -5.45. The second kappa shape index (κ2) is 10.3. The van der Waals surface area contributed by atoms with Crippen molar-refractivity contribution in [2.75, 3.05) is 0 Å². The summed E-state index contributed by atoms with van der Waals surface area (Å²) in [7, 11) is 0. The Hall–Kier alpha value is -2.73. The number of hydrogen-bond donors (Lipinski definition) is 7. The number of aliphatic carboxylic acids is 2. The van der Waals surface area contributed by atoms with Crippen LogP contribution in [-0.4, -0.2) is 75.3 Å². The Bertz CT molecular complexity index is 565. The Morgan fingerprint density at radius 2 is 1.35 bits per heavy atom. The summed E-state index contributed by atoms with van der Waals surface area (Å²) < 4.78 is 0. The minimum Gasteiger partial charge on any atom is -0.481 e. The first-order valence-electron chi connectivity index (χ1n) is 7.66. The van der Waals surface area contributed by atoms with Gasteiger partial charge in [0.05, 0.1) is 12.5 Å². The van der Waals surface area contributed by atoms with Crippen LogP contribution in [0.2, 0.25) is 0 Å². The molecule has 0 aromatic rings. The van der Waals surface area contributed by atoms with Crippen molar-refractivity contribution >= 4 is 29.7 Å². The molecule has 12 nitrogen and oxygen atoms in total. The molecule has 0 heterocycles. The Morgan fingerprint density at radius 1 is 0.846 bits per heavy atom. The molecule has 3 amide bonds. The van der Waals surface area contributed by atoms with Gasteiger partial charge in [-0.3, -0.25) is 24.0 Å². The zero-order valence-corrected chi connectivity index (χ0v) is 14.6. The van der Waals surface area contributed by atoms with Gasteiger partial charge in [0.25, 0.3) is 0 Å². The van der Waals surface area contributed by atoms with Crippen LogP contribution in [0.4, 0.5) is 0 Å². The van der Waals surface area contributed by atoms with Gasteiger partial charge in [-0.05, 0) is 20.8 Å². The minimum absolute atomic E-state index is 0.794. The number of aliphatic hydroxyl groups is 1. The van der Waals surface area contributed by atoms with Gasteiger partial charge >= 0.3 is 11.9 Å². The summed E-state index contributed by atoms with van der Waals surface area (Å²) in [5, 5.41) is 33.2. The molecule has 0 aromatic heterocycles. The summed E-state index contributed by atoms with van der Waals surface area (Å²) >= 11 is 0. The normalized spacial score (nSPS) is 16.3. The molecule has 148 valence electrons. The number of carboxylic acids is 2. The summed E-state index contributed by atoms with van der Waals surface area (Å²) in [6, 6.07) is -5.31. The third-order valence-electron chi connectivity index (χ3n) is 3.32. The van der Waals surface area contributed by atoms with Crippen molar-refractivity contribution in [3.05, 3.63) is 0 Å². The molecule has 0 spiro atoms. The zero-order valence-electron chi connectivity index (χ0n) is 14.6. The van der Waals surface area contributed by atoms with Crippen LogP contribution in [0.1, 0.15) is 27.2 Å². The molecule has 0 saturated heterocycles. The van der Waals surface area contributed by atoms with E-state index in [0.29, 0.717) is 0 Å². The lowest BCUT2D eigenvalue weighted by molar-refractivity contribution is -0.143. The van der Waals surface area contributed by atoms with Crippen LogP contribution < -0.4 is 21.7 Å². The van der Waals surface area contributed by atoms with Crippen LogP contribution in [0, 0.1) is 0 Å². The van der Waals surface area contributed by atoms with E-state index in [9.17, 15) is 29.1 Å². The largest absolute Gasteiger partial charge is 0.481 e. The first kappa shape index (κ1) is 23.3. The fourth-order valence-electron chi connectivity index (χ4n) is 1.65. The van der Waals surface area contributed by atoms with Gasteiger partial charge in [0.1, 0.15) is 24.2 Å². The molecule has 8 N–H and O–H groups in total. The van der Waals surface area contributed by atoms with E-state index in [1.807, 2.05) is 5.32 Å². The van der Waals surface area contributed by atoms with Crippen LogP contribution in [0.15, 0.2) is 0 Å². The van der Waals surface area contributed by atoms with Gasteiger partial charge in [0.15, 0.2) is 0 Å². The molecule has 26 heavy (non-hydrogen) atoms. The highest BCUT2D eigenvalue weighted by Gasteiger charge is 2.29. The third-order valence-corrected chi connectivity index (χ3v) is 3.32. The second-order valence-corrected chi connectivity index (χ2v) is 5.72. The van der Waals surface area contributed by atoms with Gasteiger partial charge in [-0.2, -0.15) is 0 Å². The van der Waals surface area contributed by atoms with Crippen molar-refractivity contribution < 1.29 is 39.3 Å². The van der Waals surface area contributed by atoms with Gasteiger partial charge in [-0.25, -0.2) is 0 Å². The molecule has 0 aliphatic rings. The molecule has 0 bridgehead atoms. The molecule has 0 fully saturated rings. The minimum atomic E-state index is -1.55. The number of carboxylic acid groups (broad SMARTS) is 2. The van der Waals surface area contributed by atoms with Crippen molar-refractivity contribution in [1.29, 1.82) is 0 Å². The van der Waals surface area contributed by atoms with Gasteiger partial charge in [-0.1, -0.05) is 0 Å². The number of nitrogens with two attached hydrogens (primary N) is 1. The molecular weight excluding hydrogens is 352 g/mol. The molecular formula is C14H24N4O8. The average Bonchev–Trinajstić information content (AvgIpc) is 2.52. The highest BCUT2D eigenvalue weighted by atomic mass is 16.4. The maximum Gasteiger partial charge on any atom is 0.325 e. The van der Waals surface area contributed by atoms with Crippen molar-refractivity contribution in [3.63, 3.8) is 0 Å². The lowest BCUT2D eigenvalue weighted by atomic mass is 10.1. The number of hydrogen-bond acceptors (Lipinski definition) is 7. The van der Waals surface area contributed by atoms with E-state index in [2.05, 4.69) is 10.6 Å². The smallest absolute Gasteiger partial charge is 0.325 e. The molecule has 0 saturated carbocycles. The van der Waals surface area contributed by atoms with E-state index in [0.717, 1.165) is 0 Å². The predicted octanol–water partition coefficient (Wildman–Crippen LogP) is -3.25. The first-order valence-corrected chi connectivity index (χ1v) is 7.66. The molecule has 12 heteroatoms. The standard InChI is InChI=1S/C14H24N4O8/c1-5(16-13(24)10(15)7(3)19)11(22)18-8(4-9(20)21)12(23)17-6(2)14(25)26/h5-8,10,19H,4,15H2,1-3H3,(H,16,24)(H,17,23)(H,18,22)(H,20,21)(H,25,26)/t5-,6-,7+,8-,10-/m0/s1. The Balaban J connectivity index is 4.96. The number of amides is 3. The van der Waals surface area contributed by atoms with Crippen LogP contribution in [0.25, 0.3) is 0 Å². The van der Waals surface area contributed by atoms with Crippen molar-refractivity contribution in [1.82, 2.24) is 16.0 Å². The Morgan fingerprint density at radius 3 is 1.77 bits per heavy atom. The highest BCUT2D eigenvalue weighted by molar-refractivity contribution is 5.95. The third kappa shape index (κ3) is 7.90. The van der Waals surface area contributed by atoms with E-state index in [-0.39, 0.29) is 0 Å². The topological polar surface area (TPSA) is 208 Å². The zero-order chi connectivity index (χ0) is 20.6. The average molecular weight is 376 g/mol. The molecule has 0 unspecified atom stereocenters. The van der Waals surface area contributed by atoms with Crippen LogP contribution in [0.5, 0.6) is 0 Å². The fraction of sp³-hybridized carbons (Fsp3) is 0.643. The van der Waals surface area contributed by atoms with Crippen molar-refractivity contribution in [2.24, 2.45) is 5.73 Å². The van der Waals surface area contributed by atoms with E-state index in [1.165, 1.54) is 20.8 Å². The monoisotopic (exact) mass is 376 g/mol. The molecule has 0 radical (unpaired) electrons. The SMILES string of the molecule is C[C@H](NC(=O)[C@H](CC(=O)O)NC(=O)[C@H](C)NC(=O)[C@@H](N)[C@@H](C)O)C(=O)O. The summed E-state index contributed by atoms with van der Waals surface area (Å²) in [4.78, 5) is 57.4.